The second kappa shape index (κ2) is 6.48. The molecule has 0 amide bonds. The molecule has 2 aromatic rings. The van der Waals surface area contributed by atoms with E-state index in [2.05, 4.69) is 5.32 Å². The van der Waals surface area contributed by atoms with E-state index in [-0.39, 0.29) is 18.6 Å². The maximum absolute atomic E-state index is 11.3. The van der Waals surface area contributed by atoms with Crippen molar-refractivity contribution >= 4 is 5.69 Å². The zero-order valence-corrected chi connectivity index (χ0v) is 13.3. The summed E-state index contributed by atoms with van der Waals surface area (Å²) in [7, 11) is 0. The van der Waals surface area contributed by atoms with Crippen molar-refractivity contribution in [3.05, 3.63) is 52.1 Å². The minimum atomic E-state index is -0.421. The third kappa shape index (κ3) is 3.16. The first-order chi connectivity index (χ1) is 12.2. The van der Waals surface area contributed by atoms with Crippen molar-refractivity contribution in [2.45, 2.75) is 12.6 Å². The monoisotopic (exact) mass is 344 g/mol. The number of nitrogens with zero attached hydrogens (tertiary/aromatic N) is 1. The fourth-order valence-electron chi connectivity index (χ4n) is 2.82. The number of ether oxygens (including phenoxy) is 4. The topological polar surface area (TPSA) is 92.1 Å². The van der Waals surface area contributed by atoms with E-state index in [1.165, 1.54) is 6.07 Å². The summed E-state index contributed by atoms with van der Waals surface area (Å²) < 4.78 is 22.0. The summed E-state index contributed by atoms with van der Waals surface area (Å²) in [6, 6.07) is 10.5. The molecule has 2 heterocycles. The van der Waals surface area contributed by atoms with Gasteiger partial charge < -0.3 is 24.3 Å². The molecule has 0 bridgehead atoms. The van der Waals surface area contributed by atoms with Crippen molar-refractivity contribution in [1.29, 1.82) is 0 Å². The molecule has 1 unspecified atom stereocenters. The highest BCUT2D eigenvalue weighted by Crippen LogP contribution is 2.38. The Labute approximate surface area is 143 Å². The first-order valence-corrected chi connectivity index (χ1v) is 7.87. The number of rotatable bonds is 5. The molecule has 2 aromatic carbocycles. The first-order valence-electron chi connectivity index (χ1n) is 7.87. The van der Waals surface area contributed by atoms with Gasteiger partial charge in [-0.15, -0.1) is 0 Å². The number of nitrogens with one attached hydrogen (secondary N) is 1. The summed E-state index contributed by atoms with van der Waals surface area (Å²) in [5.41, 5.74) is 0.536. The van der Waals surface area contributed by atoms with E-state index in [4.69, 9.17) is 18.9 Å². The molecular formula is C17H16N2O6. The molecule has 0 fully saturated rings. The molecule has 25 heavy (non-hydrogen) atoms. The van der Waals surface area contributed by atoms with E-state index in [1.807, 2.05) is 24.3 Å². The zero-order valence-electron chi connectivity index (χ0n) is 13.3. The standard InChI is InChI=1S/C17H16N2O6/c20-19(21)13-6-17-16(23-10-24-17)5-11(13)7-18-8-12-9-22-14-3-1-2-4-15(14)25-12/h1-6,12,18H,7-10H2. The van der Waals surface area contributed by atoms with Crippen molar-refractivity contribution in [3.8, 4) is 23.0 Å². The molecule has 0 saturated heterocycles. The highest BCUT2D eigenvalue weighted by molar-refractivity contribution is 5.55. The van der Waals surface area contributed by atoms with Crippen LogP contribution in [-0.2, 0) is 6.54 Å². The normalized spacial score (nSPS) is 17.4. The fourth-order valence-corrected chi connectivity index (χ4v) is 2.82. The maximum Gasteiger partial charge on any atom is 0.277 e. The lowest BCUT2D eigenvalue weighted by Gasteiger charge is -2.26. The molecule has 1 atom stereocenters. The van der Waals surface area contributed by atoms with Gasteiger partial charge in [0.2, 0.25) is 6.79 Å². The maximum atomic E-state index is 11.3. The van der Waals surface area contributed by atoms with Gasteiger partial charge in [-0.2, -0.15) is 0 Å². The largest absolute Gasteiger partial charge is 0.486 e. The van der Waals surface area contributed by atoms with E-state index in [1.54, 1.807) is 6.07 Å². The molecule has 0 aliphatic carbocycles. The minimum absolute atomic E-state index is 0.00269. The van der Waals surface area contributed by atoms with Gasteiger partial charge in [-0.05, 0) is 18.2 Å². The van der Waals surface area contributed by atoms with Crippen LogP contribution in [0.3, 0.4) is 0 Å². The van der Waals surface area contributed by atoms with Crippen LogP contribution in [0.15, 0.2) is 36.4 Å². The van der Waals surface area contributed by atoms with Gasteiger partial charge in [0, 0.05) is 18.7 Å². The number of para-hydroxylation sites is 2. The number of hydrogen-bond acceptors (Lipinski definition) is 7. The summed E-state index contributed by atoms with van der Waals surface area (Å²) in [6.07, 6.45) is -0.164. The highest BCUT2D eigenvalue weighted by atomic mass is 16.7. The summed E-state index contributed by atoms with van der Waals surface area (Å²) >= 11 is 0. The van der Waals surface area contributed by atoms with E-state index < -0.39 is 4.92 Å². The minimum Gasteiger partial charge on any atom is -0.486 e. The summed E-state index contributed by atoms with van der Waals surface area (Å²) in [6.45, 7) is 1.32. The van der Waals surface area contributed by atoms with E-state index in [0.29, 0.717) is 42.5 Å². The Balaban J connectivity index is 1.40. The molecule has 130 valence electrons. The second-order valence-corrected chi connectivity index (χ2v) is 5.72. The van der Waals surface area contributed by atoms with Crippen LogP contribution in [-0.4, -0.2) is 31.0 Å². The lowest BCUT2D eigenvalue weighted by molar-refractivity contribution is -0.385. The third-order valence-corrected chi connectivity index (χ3v) is 4.03. The van der Waals surface area contributed by atoms with Gasteiger partial charge >= 0.3 is 0 Å². The number of fused-ring (bicyclic) bond motifs is 2. The van der Waals surface area contributed by atoms with Gasteiger partial charge in [0.25, 0.3) is 5.69 Å². The predicted octanol–water partition coefficient (Wildman–Crippen LogP) is 2.25. The van der Waals surface area contributed by atoms with Crippen molar-refractivity contribution in [2.24, 2.45) is 0 Å². The molecule has 8 nitrogen and oxygen atoms in total. The van der Waals surface area contributed by atoms with Crippen molar-refractivity contribution in [1.82, 2.24) is 5.32 Å². The van der Waals surface area contributed by atoms with E-state index >= 15 is 0 Å². The smallest absolute Gasteiger partial charge is 0.277 e. The molecule has 0 radical (unpaired) electrons. The van der Waals surface area contributed by atoms with E-state index in [0.717, 1.165) is 5.75 Å². The molecule has 0 saturated carbocycles. The van der Waals surface area contributed by atoms with Crippen LogP contribution < -0.4 is 24.3 Å². The predicted molar refractivity (Wildman–Crippen MR) is 87.3 cm³/mol. The Hall–Kier alpha value is -3.00. The second-order valence-electron chi connectivity index (χ2n) is 5.72. The molecular weight excluding hydrogens is 328 g/mol. The van der Waals surface area contributed by atoms with Gasteiger partial charge in [0.15, 0.2) is 23.0 Å². The van der Waals surface area contributed by atoms with Gasteiger partial charge in [-0.3, -0.25) is 10.1 Å². The molecule has 8 heteroatoms. The Bertz CT molecular complexity index is 810. The summed E-state index contributed by atoms with van der Waals surface area (Å²) in [5, 5.41) is 14.4. The van der Waals surface area contributed by atoms with Crippen molar-refractivity contribution in [3.63, 3.8) is 0 Å². The molecule has 0 aromatic heterocycles. The first kappa shape index (κ1) is 15.5. The molecule has 1 N–H and O–H groups in total. The van der Waals surface area contributed by atoms with Crippen LogP contribution in [0, 0.1) is 10.1 Å². The Morgan fingerprint density at radius 2 is 1.84 bits per heavy atom. The van der Waals surface area contributed by atoms with Crippen LogP contribution >= 0.6 is 0 Å². The number of nitro benzene ring substituents is 1. The van der Waals surface area contributed by atoms with Gasteiger partial charge in [-0.25, -0.2) is 0 Å². The van der Waals surface area contributed by atoms with Crippen LogP contribution in [0.1, 0.15) is 5.56 Å². The molecule has 2 aliphatic heterocycles. The quantitative estimate of drug-likeness (QED) is 0.657. The fraction of sp³-hybridized carbons (Fsp3) is 0.294. The molecule has 4 rings (SSSR count). The van der Waals surface area contributed by atoms with Gasteiger partial charge in [0.05, 0.1) is 11.0 Å². The zero-order chi connectivity index (χ0) is 17.2. The highest BCUT2D eigenvalue weighted by Gasteiger charge is 2.24. The number of hydrogen-bond donors (Lipinski definition) is 1. The average molecular weight is 344 g/mol. The SMILES string of the molecule is O=[N+]([O-])c1cc2c(cc1CNCC1COc3ccccc3O1)OCO2. The summed E-state index contributed by atoms with van der Waals surface area (Å²) in [5.74, 6) is 2.35. The average Bonchev–Trinajstić information content (AvgIpc) is 3.08. The lowest BCUT2D eigenvalue weighted by Crippen LogP contribution is -2.38. The van der Waals surface area contributed by atoms with Gasteiger partial charge in [0.1, 0.15) is 12.7 Å². The lowest BCUT2D eigenvalue weighted by atomic mass is 10.1. The van der Waals surface area contributed by atoms with Crippen LogP contribution in [0.4, 0.5) is 5.69 Å². The van der Waals surface area contributed by atoms with Crippen LogP contribution in [0.5, 0.6) is 23.0 Å². The Morgan fingerprint density at radius 1 is 1.08 bits per heavy atom. The third-order valence-electron chi connectivity index (χ3n) is 4.03. The van der Waals surface area contributed by atoms with Gasteiger partial charge in [-0.1, -0.05) is 12.1 Å². The number of nitro groups is 1. The Morgan fingerprint density at radius 3 is 2.64 bits per heavy atom. The van der Waals surface area contributed by atoms with Crippen molar-refractivity contribution < 1.29 is 23.9 Å². The number of benzene rings is 2. The van der Waals surface area contributed by atoms with Crippen LogP contribution in [0.2, 0.25) is 0 Å². The molecule has 2 aliphatic rings. The van der Waals surface area contributed by atoms with Crippen molar-refractivity contribution in [2.75, 3.05) is 19.9 Å². The van der Waals surface area contributed by atoms with E-state index in [9.17, 15) is 10.1 Å². The van der Waals surface area contributed by atoms with Crippen LogP contribution in [0.25, 0.3) is 0 Å². The summed E-state index contributed by atoms with van der Waals surface area (Å²) in [4.78, 5) is 10.8. The molecule has 0 spiro atoms. The Kier molecular flexibility index (Phi) is 4.02.